The first-order chi connectivity index (χ1) is 12.6. The van der Waals surface area contributed by atoms with Crippen molar-refractivity contribution < 1.29 is 9.84 Å². The van der Waals surface area contributed by atoms with Gasteiger partial charge in [0.1, 0.15) is 16.6 Å². The summed E-state index contributed by atoms with van der Waals surface area (Å²) in [5.41, 5.74) is 2.47. The van der Waals surface area contributed by atoms with Crippen LogP contribution in [0.15, 0.2) is 39.9 Å². The summed E-state index contributed by atoms with van der Waals surface area (Å²) >= 11 is 4.91. The minimum Gasteiger partial charge on any atom is -0.510 e. The fourth-order valence-electron chi connectivity index (χ4n) is 3.40. The Morgan fingerprint density at radius 3 is 2.73 bits per heavy atom. The fraction of sp³-hybridized carbons (Fsp3) is 0.368. The first-order valence-corrected chi connectivity index (χ1v) is 10.3. The van der Waals surface area contributed by atoms with E-state index in [-0.39, 0.29) is 5.76 Å². The lowest BCUT2D eigenvalue weighted by atomic mass is 10.00. The quantitative estimate of drug-likeness (QED) is 0.740. The average molecular weight is 434 g/mol. The van der Waals surface area contributed by atoms with E-state index in [0.29, 0.717) is 28.9 Å². The Balaban J connectivity index is 1.51. The Kier molecular flexibility index (Phi) is 5.11. The summed E-state index contributed by atoms with van der Waals surface area (Å²) in [6.45, 7) is 2.78. The van der Waals surface area contributed by atoms with Gasteiger partial charge in [-0.15, -0.1) is 11.3 Å². The van der Waals surface area contributed by atoms with Crippen LogP contribution in [0, 0.1) is 11.3 Å². The van der Waals surface area contributed by atoms with Gasteiger partial charge in [0.05, 0.1) is 17.8 Å². The summed E-state index contributed by atoms with van der Waals surface area (Å²) in [6.07, 6.45) is 2.04. The van der Waals surface area contributed by atoms with Gasteiger partial charge in [-0.1, -0.05) is 28.1 Å². The number of rotatable bonds is 4. The van der Waals surface area contributed by atoms with Crippen LogP contribution in [0.1, 0.15) is 17.8 Å². The second-order valence-corrected chi connectivity index (χ2v) is 8.43. The molecule has 2 aliphatic rings. The number of hydrogen-bond acceptors (Lipinski definition) is 5. The number of ether oxygens (including phenoxy) is 1. The van der Waals surface area contributed by atoms with Crippen LogP contribution in [0.4, 0.5) is 0 Å². The maximum absolute atomic E-state index is 10.5. The molecule has 3 heterocycles. The highest BCUT2D eigenvalue weighted by Gasteiger charge is 2.32. The molecular formula is C19H20BrN3O2S. The topological polar surface area (TPSA) is 69.4 Å². The van der Waals surface area contributed by atoms with E-state index in [2.05, 4.69) is 20.9 Å². The Morgan fingerprint density at radius 1 is 1.27 bits per heavy atom. The van der Waals surface area contributed by atoms with E-state index in [1.807, 2.05) is 34.5 Å². The maximum Gasteiger partial charge on any atom is 0.135 e. The molecular weight excluding hydrogens is 414 g/mol. The highest BCUT2D eigenvalue weighted by molar-refractivity contribution is 9.10. The van der Waals surface area contributed by atoms with E-state index in [0.717, 1.165) is 48.3 Å². The lowest BCUT2D eigenvalue weighted by Gasteiger charge is -2.28. The van der Waals surface area contributed by atoms with Crippen molar-refractivity contribution in [2.24, 2.45) is 5.92 Å². The molecule has 136 valence electrons. The third-order valence-electron chi connectivity index (χ3n) is 4.86. The van der Waals surface area contributed by atoms with E-state index in [9.17, 15) is 5.11 Å². The van der Waals surface area contributed by atoms with Gasteiger partial charge in [-0.2, -0.15) is 0 Å². The zero-order valence-corrected chi connectivity index (χ0v) is 16.6. The predicted octanol–water partition coefficient (Wildman–Crippen LogP) is 4.56. The molecule has 0 aliphatic carbocycles. The van der Waals surface area contributed by atoms with Gasteiger partial charge in [0.25, 0.3) is 0 Å². The van der Waals surface area contributed by atoms with Crippen LogP contribution in [0.25, 0.3) is 16.8 Å². The number of thiazole rings is 1. The van der Waals surface area contributed by atoms with Crippen LogP contribution in [0.5, 0.6) is 0 Å². The minimum absolute atomic E-state index is 0.249. The molecule has 5 nitrogen and oxygen atoms in total. The van der Waals surface area contributed by atoms with Crippen molar-refractivity contribution in [2.45, 2.75) is 12.8 Å². The van der Waals surface area contributed by atoms with Crippen LogP contribution in [-0.4, -0.2) is 47.1 Å². The van der Waals surface area contributed by atoms with Crippen molar-refractivity contribution in [2.75, 3.05) is 26.3 Å². The van der Waals surface area contributed by atoms with E-state index in [4.69, 9.17) is 10.1 Å². The van der Waals surface area contributed by atoms with Gasteiger partial charge in [-0.3, -0.25) is 5.41 Å². The molecule has 1 saturated heterocycles. The monoisotopic (exact) mass is 433 g/mol. The van der Waals surface area contributed by atoms with E-state index >= 15 is 0 Å². The Morgan fingerprint density at radius 2 is 2.00 bits per heavy atom. The van der Waals surface area contributed by atoms with Gasteiger partial charge in [0.2, 0.25) is 0 Å². The van der Waals surface area contributed by atoms with Crippen LogP contribution in [-0.2, 0) is 4.74 Å². The molecule has 2 N–H and O–H groups in total. The van der Waals surface area contributed by atoms with E-state index in [1.54, 1.807) is 0 Å². The van der Waals surface area contributed by atoms with Crippen molar-refractivity contribution in [3.63, 3.8) is 0 Å². The number of amidine groups is 1. The summed E-state index contributed by atoms with van der Waals surface area (Å²) in [5.74, 6) is 1.15. The third kappa shape index (κ3) is 3.56. The second kappa shape index (κ2) is 7.50. The number of benzene rings is 1. The maximum atomic E-state index is 10.5. The van der Waals surface area contributed by atoms with Crippen molar-refractivity contribution >= 4 is 38.7 Å². The molecule has 0 saturated carbocycles. The number of halogens is 1. The molecule has 4 rings (SSSR count). The van der Waals surface area contributed by atoms with Crippen molar-refractivity contribution in [1.29, 1.82) is 5.41 Å². The number of aromatic nitrogens is 1. The number of nitrogens with one attached hydrogen (secondary N) is 1. The minimum atomic E-state index is 0.249. The van der Waals surface area contributed by atoms with Gasteiger partial charge in [-0.05, 0) is 30.9 Å². The van der Waals surface area contributed by atoms with Gasteiger partial charge in [0, 0.05) is 35.2 Å². The van der Waals surface area contributed by atoms with E-state index < -0.39 is 0 Å². The smallest absolute Gasteiger partial charge is 0.135 e. The lowest BCUT2D eigenvalue weighted by Crippen LogP contribution is -2.34. The molecule has 26 heavy (non-hydrogen) atoms. The van der Waals surface area contributed by atoms with Crippen LogP contribution >= 0.6 is 27.3 Å². The van der Waals surface area contributed by atoms with Gasteiger partial charge in [0.15, 0.2) is 0 Å². The van der Waals surface area contributed by atoms with Gasteiger partial charge < -0.3 is 14.7 Å². The Labute approximate surface area is 165 Å². The summed E-state index contributed by atoms with van der Waals surface area (Å²) in [6, 6.07) is 7.99. The first kappa shape index (κ1) is 17.7. The lowest BCUT2D eigenvalue weighted by molar-refractivity contribution is 0.0600. The highest BCUT2D eigenvalue weighted by atomic mass is 79.9. The molecule has 2 aromatic rings. The molecule has 7 heteroatoms. The summed E-state index contributed by atoms with van der Waals surface area (Å²) in [7, 11) is 0. The summed E-state index contributed by atoms with van der Waals surface area (Å²) in [5, 5.41) is 21.7. The molecule has 0 atom stereocenters. The van der Waals surface area contributed by atoms with Crippen molar-refractivity contribution in [3.05, 3.63) is 44.9 Å². The van der Waals surface area contributed by atoms with Gasteiger partial charge >= 0.3 is 0 Å². The molecule has 1 aromatic carbocycles. The number of nitrogens with zero attached hydrogens (tertiary/aromatic N) is 2. The molecule has 0 unspecified atom stereocenters. The number of aliphatic hydroxyl groups excluding tert-OH is 1. The summed E-state index contributed by atoms with van der Waals surface area (Å²) in [4.78, 5) is 6.63. The average Bonchev–Trinajstić information content (AvgIpc) is 3.22. The standard InChI is InChI=1S/C19H20BrN3O2S/c20-14-3-1-13(2-4-14)15-11-26-19(22-15)17-16(24)10-23(18(17)21)9-12-5-7-25-8-6-12/h1-4,11-12,21,24H,5-10H2. The Hall–Kier alpha value is -1.70. The SMILES string of the molecule is N=C1C(c2nc(-c3ccc(Br)cc3)cs2)=C(O)CN1CC1CCOCC1. The highest BCUT2D eigenvalue weighted by Crippen LogP contribution is 2.33. The molecule has 0 bridgehead atoms. The molecule has 1 fully saturated rings. The van der Waals surface area contributed by atoms with Crippen LogP contribution in [0.2, 0.25) is 0 Å². The molecule has 2 aliphatic heterocycles. The van der Waals surface area contributed by atoms with Crippen molar-refractivity contribution in [3.8, 4) is 11.3 Å². The molecule has 0 amide bonds. The first-order valence-electron chi connectivity index (χ1n) is 8.67. The Bertz CT molecular complexity index is 841. The van der Waals surface area contributed by atoms with Crippen molar-refractivity contribution in [1.82, 2.24) is 9.88 Å². The molecule has 0 radical (unpaired) electrons. The summed E-state index contributed by atoms with van der Waals surface area (Å²) < 4.78 is 6.44. The fourth-order valence-corrected chi connectivity index (χ4v) is 4.56. The second-order valence-electron chi connectivity index (χ2n) is 6.65. The van der Waals surface area contributed by atoms with Gasteiger partial charge in [-0.25, -0.2) is 4.98 Å². The predicted molar refractivity (Wildman–Crippen MR) is 108 cm³/mol. The van der Waals surface area contributed by atoms with Crippen LogP contribution < -0.4 is 0 Å². The van der Waals surface area contributed by atoms with E-state index in [1.165, 1.54) is 11.3 Å². The third-order valence-corrected chi connectivity index (χ3v) is 6.25. The zero-order valence-electron chi connectivity index (χ0n) is 14.2. The normalized spacial score (nSPS) is 18.8. The number of aliphatic hydroxyl groups is 1. The number of hydrogen-bond donors (Lipinski definition) is 2. The molecule has 1 aromatic heterocycles. The molecule has 0 spiro atoms. The zero-order chi connectivity index (χ0) is 18.1. The van der Waals surface area contributed by atoms with Crippen LogP contribution in [0.3, 0.4) is 0 Å². The largest absolute Gasteiger partial charge is 0.510 e.